The average Bonchev–Trinajstić information content (AvgIpc) is 3.03. The molecule has 0 unspecified atom stereocenters. The maximum atomic E-state index is 13.3. The average molecular weight is 766 g/mol. The van der Waals surface area contributed by atoms with Crippen molar-refractivity contribution in [2.24, 2.45) is 0 Å². The summed E-state index contributed by atoms with van der Waals surface area (Å²) in [5.41, 5.74) is 1.86. The Morgan fingerprint density at radius 3 is 0.837 bits per heavy atom. The number of halogens is 6. The van der Waals surface area contributed by atoms with E-state index >= 15 is 0 Å². The molecule has 6 aromatic rings. The van der Waals surface area contributed by atoms with Gasteiger partial charge >= 0.3 is 20.1 Å². The van der Waals surface area contributed by atoms with Crippen LogP contribution in [0, 0.1) is 34.9 Å². The number of hydrogen-bond donors (Lipinski definition) is 0. The number of benzene rings is 3. The van der Waals surface area contributed by atoms with Gasteiger partial charge in [-0.1, -0.05) is 36.4 Å². The van der Waals surface area contributed by atoms with E-state index in [-0.39, 0.29) is 36.8 Å². The van der Waals surface area contributed by atoms with Crippen LogP contribution in [-0.4, -0.2) is 15.0 Å². The number of nitrogens with zero attached hydrogens (tertiary/aromatic N) is 3. The third-order valence-electron chi connectivity index (χ3n) is 5.68. The van der Waals surface area contributed by atoms with Crippen molar-refractivity contribution in [3.63, 3.8) is 0 Å². The molecule has 0 saturated carbocycles. The maximum Gasteiger partial charge on any atom is 3.00 e. The van der Waals surface area contributed by atoms with E-state index in [0.717, 1.165) is 18.2 Å². The Morgan fingerprint density at radius 1 is 0.326 bits per heavy atom. The fraction of sp³-hybridized carbons (Fsp3) is 0. The largest absolute Gasteiger partial charge is 3.00 e. The number of pyridine rings is 3. The summed E-state index contributed by atoms with van der Waals surface area (Å²) in [6.45, 7) is 0. The van der Waals surface area contributed by atoms with Gasteiger partial charge in [0.15, 0.2) is 34.9 Å². The predicted molar refractivity (Wildman–Crippen MR) is 149 cm³/mol. The minimum Gasteiger partial charge on any atom is -0.256 e. The van der Waals surface area contributed by atoms with E-state index in [4.69, 9.17) is 0 Å². The summed E-state index contributed by atoms with van der Waals surface area (Å²) in [7, 11) is 0. The molecule has 3 aromatic carbocycles. The summed E-state index contributed by atoms with van der Waals surface area (Å²) in [5, 5.41) is 0. The van der Waals surface area contributed by atoms with Crippen molar-refractivity contribution in [3.05, 3.63) is 163 Å². The fourth-order valence-electron chi connectivity index (χ4n) is 3.67. The number of hydrogen-bond acceptors (Lipinski definition) is 3. The van der Waals surface area contributed by atoms with Gasteiger partial charge in [-0.3, -0.25) is 15.0 Å². The monoisotopic (exact) mass is 766 g/mol. The standard InChI is InChI=1S/3C11H7F2N.Ir/c3*12-9-5-3-4-8(11(9)13)10-6-1-2-7-14-10;/h3*1-7H;/q;;;+3. The minimum absolute atomic E-state index is 0. The van der Waals surface area contributed by atoms with E-state index in [9.17, 15) is 26.3 Å². The summed E-state index contributed by atoms with van der Waals surface area (Å²) in [4.78, 5) is 11.8. The third kappa shape index (κ3) is 8.67. The van der Waals surface area contributed by atoms with Gasteiger partial charge in [-0.15, -0.1) is 0 Å². The Labute approximate surface area is 257 Å². The SMILES string of the molecule is Fc1cccc(-c2ccccn2)c1F.Fc1cccc(-c2ccccn2)c1F.Fc1cccc(-c2ccccn2)c1F.[Ir+3]. The van der Waals surface area contributed by atoms with Gasteiger partial charge in [0.1, 0.15) is 0 Å². The van der Waals surface area contributed by atoms with Crippen molar-refractivity contribution in [1.82, 2.24) is 15.0 Å². The number of rotatable bonds is 3. The fourth-order valence-corrected chi connectivity index (χ4v) is 3.67. The van der Waals surface area contributed by atoms with Crippen molar-refractivity contribution in [2.75, 3.05) is 0 Å². The van der Waals surface area contributed by atoms with Crippen molar-refractivity contribution in [2.45, 2.75) is 0 Å². The van der Waals surface area contributed by atoms with E-state index in [0.29, 0.717) is 17.1 Å². The van der Waals surface area contributed by atoms with E-state index in [1.807, 2.05) is 0 Å². The molecule has 0 spiro atoms. The Balaban J connectivity index is 0.000000175. The van der Waals surface area contributed by atoms with Gasteiger partial charge in [0, 0.05) is 35.3 Å². The molecular weight excluding hydrogens is 745 g/mol. The van der Waals surface area contributed by atoms with Crippen LogP contribution in [0.5, 0.6) is 0 Å². The van der Waals surface area contributed by atoms with Crippen LogP contribution in [0.25, 0.3) is 33.8 Å². The Bertz CT molecular complexity index is 1530. The molecule has 0 saturated heterocycles. The molecule has 43 heavy (non-hydrogen) atoms. The Morgan fingerprint density at radius 2 is 0.605 bits per heavy atom. The first-order valence-corrected chi connectivity index (χ1v) is 12.4. The van der Waals surface area contributed by atoms with Gasteiger partial charge in [-0.05, 0) is 72.8 Å². The summed E-state index contributed by atoms with van der Waals surface area (Å²) in [6, 6.07) is 27.4. The first kappa shape index (κ1) is 32.8. The molecule has 0 bridgehead atoms. The van der Waals surface area contributed by atoms with Crippen LogP contribution in [-0.2, 0) is 20.1 Å². The van der Waals surface area contributed by atoms with Gasteiger partial charge < -0.3 is 0 Å². The normalized spacial score (nSPS) is 9.91. The molecule has 0 aliphatic rings. The summed E-state index contributed by atoms with van der Waals surface area (Å²) in [6.07, 6.45) is 4.62. The van der Waals surface area contributed by atoms with Gasteiger partial charge in [-0.2, -0.15) is 0 Å². The second-order valence-corrected chi connectivity index (χ2v) is 8.45. The first-order valence-electron chi connectivity index (χ1n) is 12.4. The number of aromatic nitrogens is 3. The first-order chi connectivity index (χ1) is 20.4. The maximum absolute atomic E-state index is 13.3. The third-order valence-corrected chi connectivity index (χ3v) is 5.68. The molecule has 3 aromatic heterocycles. The van der Waals surface area contributed by atoms with Gasteiger partial charge in [0.25, 0.3) is 0 Å². The quantitative estimate of drug-likeness (QED) is 0.169. The minimum atomic E-state index is -0.855. The summed E-state index contributed by atoms with van der Waals surface area (Å²) < 4.78 is 78.4. The summed E-state index contributed by atoms with van der Waals surface area (Å²) >= 11 is 0. The second-order valence-electron chi connectivity index (χ2n) is 8.45. The molecule has 6 rings (SSSR count). The van der Waals surface area contributed by atoms with E-state index in [1.54, 1.807) is 73.2 Å². The Kier molecular flexibility index (Phi) is 12.3. The second kappa shape index (κ2) is 16.1. The summed E-state index contributed by atoms with van der Waals surface area (Å²) in [5.74, 6) is -5.13. The van der Waals surface area contributed by atoms with Crippen LogP contribution in [0.3, 0.4) is 0 Å². The predicted octanol–water partition coefficient (Wildman–Crippen LogP) is 9.08. The zero-order valence-corrected chi connectivity index (χ0v) is 24.5. The van der Waals surface area contributed by atoms with Crippen LogP contribution >= 0.6 is 0 Å². The molecule has 0 amide bonds. The van der Waals surface area contributed by atoms with Gasteiger partial charge in [0.2, 0.25) is 0 Å². The smallest absolute Gasteiger partial charge is 0.256 e. The van der Waals surface area contributed by atoms with Crippen LogP contribution in [0.4, 0.5) is 26.3 Å². The van der Waals surface area contributed by atoms with E-state index in [2.05, 4.69) is 15.0 Å². The zero-order chi connectivity index (χ0) is 29.9. The topological polar surface area (TPSA) is 38.7 Å². The molecule has 0 fully saturated rings. The molecule has 216 valence electrons. The van der Waals surface area contributed by atoms with Crippen molar-refractivity contribution in [3.8, 4) is 33.8 Å². The molecule has 0 aliphatic carbocycles. The molecule has 3 nitrogen and oxygen atoms in total. The molecule has 3 heterocycles. The van der Waals surface area contributed by atoms with Crippen molar-refractivity contribution < 1.29 is 46.4 Å². The molecular formula is C33H21F6IrN3+3. The molecule has 0 radical (unpaired) electrons. The molecule has 10 heteroatoms. The Hall–Kier alpha value is -4.66. The molecule has 0 N–H and O–H groups in total. The molecule has 0 aliphatic heterocycles. The van der Waals surface area contributed by atoms with Crippen molar-refractivity contribution in [1.29, 1.82) is 0 Å². The van der Waals surface area contributed by atoms with Crippen LogP contribution in [0.15, 0.2) is 128 Å². The van der Waals surface area contributed by atoms with Gasteiger partial charge in [-0.25, -0.2) is 26.3 Å². The van der Waals surface area contributed by atoms with E-state index < -0.39 is 34.9 Å². The van der Waals surface area contributed by atoms with Crippen LogP contribution in [0.2, 0.25) is 0 Å². The van der Waals surface area contributed by atoms with Crippen molar-refractivity contribution >= 4 is 0 Å². The zero-order valence-electron chi connectivity index (χ0n) is 22.1. The van der Waals surface area contributed by atoms with E-state index in [1.165, 1.54) is 36.4 Å². The van der Waals surface area contributed by atoms with Crippen LogP contribution in [0.1, 0.15) is 0 Å². The van der Waals surface area contributed by atoms with Crippen LogP contribution < -0.4 is 0 Å². The molecule has 0 atom stereocenters. The van der Waals surface area contributed by atoms with Gasteiger partial charge in [0.05, 0.1) is 17.1 Å².